The number of esters is 1. The normalized spacial score (nSPS) is 14.3. The summed E-state index contributed by atoms with van der Waals surface area (Å²) in [6.45, 7) is 2.15. The fourth-order valence-corrected chi connectivity index (χ4v) is 6.60. The molecule has 0 aliphatic carbocycles. The number of aromatic nitrogens is 1. The van der Waals surface area contributed by atoms with Gasteiger partial charge in [0.05, 0.1) is 42.7 Å². The Labute approximate surface area is 280 Å². The van der Waals surface area contributed by atoms with Crippen molar-refractivity contribution in [3.8, 4) is 17.2 Å². The van der Waals surface area contributed by atoms with E-state index in [2.05, 4.69) is 0 Å². The van der Waals surface area contributed by atoms with Crippen LogP contribution >= 0.6 is 22.9 Å². The summed E-state index contributed by atoms with van der Waals surface area (Å²) in [7, 11) is 3.09. The summed E-state index contributed by atoms with van der Waals surface area (Å²) >= 11 is 7.59. The summed E-state index contributed by atoms with van der Waals surface area (Å²) in [6, 6.07) is 28.8. The minimum atomic E-state index is -0.867. The van der Waals surface area contributed by atoms with Gasteiger partial charge in [-0.3, -0.25) is 9.36 Å². The Balaban J connectivity index is 1.55. The van der Waals surface area contributed by atoms with E-state index in [0.717, 1.165) is 11.1 Å². The maximum Gasteiger partial charge on any atom is 0.338 e. The molecular weight excluding hydrogens is 636 g/mol. The molecule has 8 nitrogen and oxygen atoms in total. The first-order valence-corrected chi connectivity index (χ1v) is 16.1. The fraction of sp³-hybridized carbons (Fsp3) is 0.162. The zero-order valence-corrected chi connectivity index (χ0v) is 27.5. The number of ether oxygens (including phenoxy) is 4. The molecular formula is C37H31ClN2O6S. The van der Waals surface area contributed by atoms with Gasteiger partial charge in [-0.2, -0.15) is 0 Å². The minimum Gasteiger partial charge on any atom is -0.493 e. The van der Waals surface area contributed by atoms with Crippen molar-refractivity contribution in [2.45, 2.75) is 19.6 Å². The third-order valence-electron chi connectivity index (χ3n) is 7.64. The van der Waals surface area contributed by atoms with Crippen LogP contribution in [0.3, 0.4) is 0 Å². The number of fused-ring (bicyclic) bond motifs is 1. The predicted molar refractivity (Wildman–Crippen MR) is 183 cm³/mol. The number of methoxy groups -OCH3 is 2. The van der Waals surface area contributed by atoms with Gasteiger partial charge < -0.3 is 18.9 Å². The first kappa shape index (κ1) is 31.8. The molecule has 2 heterocycles. The van der Waals surface area contributed by atoms with Gasteiger partial charge in [-0.15, -0.1) is 0 Å². The van der Waals surface area contributed by atoms with E-state index >= 15 is 0 Å². The lowest BCUT2D eigenvalue weighted by Gasteiger charge is -2.26. The third-order valence-corrected chi connectivity index (χ3v) is 9.00. The maximum atomic E-state index is 14.4. The number of benzene rings is 4. The second-order valence-corrected chi connectivity index (χ2v) is 11.9. The first-order valence-electron chi connectivity index (χ1n) is 14.9. The van der Waals surface area contributed by atoms with Gasteiger partial charge in [0.15, 0.2) is 16.3 Å². The number of hydrogen-bond acceptors (Lipinski definition) is 8. The molecule has 0 bridgehead atoms. The molecule has 0 N–H and O–H groups in total. The smallest absolute Gasteiger partial charge is 0.338 e. The minimum absolute atomic E-state index is 0.151. The molecule has 47 heavy (non-hydrogen) atoms. The number of nitrogens with zero attached hydrogens (tertiary/aromatic N) is 2. The number of para-hydroxylation sites is 1. The largest absolute Gasteiger partial charge is 0.493 e. The number of carbonyl (C=O) groups excluding carboxylic acids is 1. The summed E-state index contributed by atoms with van der Waals surface area (Å²) in [5.41, 5.74) is 3.26. The molecule has 5 aromatic rings. The Hall–Kier alpha value is -5.12. The van der Waals surface area contributed by atoms with Gasteiger partial charge in [-0.25, -0.2) is 9.79 Å². The summed E-state index contributed by atoms with van der Waals surface area (Å²) in [5, 5.41) is 0.611. The topological polar surface area (TPSA) is 88.4 Å². The Morgan fingerprint density at radius 1 is 0.915 bits per heavy atom. The highest BCUT2D eigenvalue weighted by molar-refractivity contribution is 7.07. The van der Waals surface area contributed by atoms with Crippen molar-refractivity contribution in [3.63, 3.8) is 0 Å². The molecule has 1 atom stereocenters. The maximum absolute atomic E-state index is 14.4. The molecule has 0 saturated heterocycles. The van der Waals surface area contributed by atoms with Gasteiger partial charge in [0, 0.05) is 21.7 Å². The van der Waals surface area contributed by atoms with Crippen molar-refractivity contribution in [1.29, 1.82) is 0 Å². The van der Waals surface area contributed by atoms with Crippen LogP contribution in [0.2, 0.25) is 5.02 Å². The van der Waals surface area contributed by atoms with Crippen molar-refractivity contribution in [1.82, 2.24) is 4.57 Å². The number of thiazole rings is 1. The highest BCUT2D eigenvalue weighted by atomic mass is 35.5. The third kappa shape index (κ3) is 6.45. The van der Waals surface area contributed by atoms with E-state index in [1.807, 2.05) is 84.9 Å². The fourth-order valence-electron chi connectivity index (χ4n) is 5.42. The Bertz CT molecular complexity index is 2160. The number of carbonyl (C=O) groups is 1. The second kappa shape index (κ2) is 14.1. The van der Waals surface area contributed by atoms with Crippen LogP contribution in [0.25, 0.3) is 11.8 Å². The summed E-state index contributed by atoms with van der Waals surface area (Å²) in [5.74, 6) is 0.995. The summed E-state index contributed by atoms with van der Waals surface area (Å²) in [4.78, 5) is 33.5. The number of hydrogen-bond donors (Lipinski definition) is 0. The average molecular weight is 667 g/mol. The second-order valence-electron chi connectivity index (χ2n) is 10.5. The van der Waals surface area contributed by atoms with Crippen molar-refractivity contribution >= 4 is 40.7 Å². The molecule has 6 rings (SSSR count). The molecule has 0 unspecified atom stereocenters. The summed E-state index contributed by atoms with van der Waals surface area (Å²) < 4.78 is 24.8. The molecule has 0 saturated carbocycles. The van der Waals surface area contributed by atoms with Crippen molar-refractivity contribution in [3.05, 3.63) is 150 Å². The van der Waals surface area contributed by atoms with Gasteiger partial charge in [-0.1, -0.05) is 95.7 Å². The molecule has 1 aliphatic heterocycles. The monoisotopic (exact) mass is 666 g/mol. The van der Waals surface area contributed by atoms with Crippen LogP contribution in [0.1, 0.15) is 35.2 Å². The SMILES string of the molecule is CCOC(=O)C1=C(c2ccccc2)N=c2s/c(=C/c3ccccc3OCc3ccccc3Cl)c(=O)n2[C@@H]1c1ccc(OC)c(OC)c1. The molecule has 0 radical (unpaired) electrons. The molecule has 1 aromatic heterocycles. The van der Waals surface area contributed by atoms with Crippen molar-refractivity contribution in [2.24, 2.45) is 4.99 Å². The highest BCUT2D eigenvalue weighted by Crippen LogP contribution is 2.38. The van der Waals surface area contributed by atoms with E-state index in [4.69, 9.17) is 35.5 Å². The molecule has 10 heteroatoms. The Kier molecular flexibility index (Phi) is 9.56. The first-order chi connectivity index (χ1) is 22.9. The quantitative estimate of drug-likeness (QED) is 0.165. The predicted octanol–water partition coefficient (Wildman–Crippen LogP) is 6.19. The average Bonchev–Trinajstić information content (AvgIpc) is 3.41. The lowest BCUT2D eigenvalue weighted by atomic mass is 9.93. The van der Waals surface area contributed by atoms with E-state index in [9.17, 15) is 9.59 Å². The zero-order chi connectivity index (χ0) is 32.9. The molecule has 1 aliphatic rings. The van der Waals surface area contributed by atoms with E-state index in [1.165, 1.54) is 18.4 Å². The van der Waals surface area contributed by atoms with Crippen LogP contribution in [0.5, 0.6) is 17.2 Å². The van der Waals surface area contributed by atoms with Crippen LogP contribution in [0, 0.1) is 0 Å². The van der Waals surface area contributed by atoms with Crippen LogP contribution in [-0.2, 0) is 16.1 Å². The van der Waals surface area contributed by atoms with Gasteiger partial charge in [0.25, 0.3) is 5.56 Å². The molecule has 238 valence electrons. The lowest BCUT2D eigenvalue weighted by molar-refractivity contribution is -0.138. The van der Waals surface area contributed by atoms with Crippen LogP contribution in [-0.4, -0.2) is 31.4 Å². The number of halogens is 1. The molecule has 0 spiro atoms. The van der Waals surface area contributed by atoms with Crippen LogP contribution in [0.15, 0.2) is 112 Å². The molecule has 4 aromatic carbocycles. The standard InChI is InChI=1S/C37H31ClN2O6S/c1-4-45-36(42)32-33(23-12-6-5-7-13-23)39-37-40(34(32)25-18-19-29(43-2)30(20-25)44-3)35(41)31(47-37)21-24-14-9-11-17-28(24)46-22-26-15-8-10-16-27(26)38/h5-21,34H,4,22H2,1-3H3/b31-21+/t34-/m1/s1. The van der Waals surface area contributed by atoms with E-state index in [-0.39, 0.29) is 24.3 Å². The zero-order valence-electron chi connectivity index (χ0n) is 25.9. The molecule has 0 fully saturated rings. The van der Waals surface area contributed by atoms with Crippen LogP contribution < -0.4 is 29.1 Å². The van der Waals surface area contributed by atoms with E-state index < -0.39 is 12.0 Å². The van der Waals surface area contributed by atoms with E-state index in [1.54, 1.807) is 36.8 Å². The number of rotatable bonds is 10. The highest BCUT2D eigenvalue weighted by Gasteiger charge is 2.35. The Morgan fingerprint density at radius 3 is 2.38 bits per heavy atom. The van der Waals surface area contributed by atoms with Gasteiger partial charge in [0.2, 0.25) is 0 Å². The van der Waals surface area contributed by atoms with Crippen molar-refractivity contribution < 1.29 is 23.7 Å². The van der Waals surface area contributed by atoms with Crippen molar-refractivity contribution in [2.75, 3.05) is 20.8 Å². The van der Waals surface area contributed by atoms with Gasteiger partial charge in [0.1, 0.15) is 12.4 Å². The van der Waals surface area contributed by atoms with E-state index in [0.29, 0.717) is 48.4 Å². The van der Waals surface area contributed by atoms with Gasteiger partial charge in [-0.05, 0) is 42.8 Å². The summed E-state index contributed by atoms with van der Waals surface area (Å²) in [6.07, 6.45) is 1.79. The van der Waals surface area contributed by atoms with Gasteiger partial charge >= 0.3 is 5.97 Å². The lowest BCUT2D eigenvalue weighted by Crippen LogP contribution is -2.40. The molecule has 0 amide bonds. The Morgan fingerprint density at radius 2 is 1.64 bits per heavy atom. The van der Waals surface area contributed by atoms with Crippen LogP contribution in [0.4, 0.5) is 0 Å².